The van der Waals surface area contributed by atoms with Crippen molar-refractivity contribution in [3.8, 4) is 0 Å². The summed E-state index contributed by atoms with van der Waals surface area (Å²) >= 11 is 3.51. The van der Waals surface area contributed by atoms with Gasteiger partial charge in [0.15, 0.2) is 0 Å². The van der Waals surface area contributed by atoms with Crippen molar-refractivity contribution < 1.29 is 4.74 Å². The maximum Gasteiger partial charge on any atom is 0.0687 e. The molecule has 1 aliphatic carbocycles. The molecule has 1 saturated carbocycles. The van der Waals surface area contributed by atoms with Crippen LogP contribution in [-0.4, -0.2) is 17.0 Å². The molecule has 1 atom stereocenters. The van der Waals surface area contributed by atoms with E-state index in [1.165, 1.54) is 38.5 Å². The van der Waals surface area contributed by atoms with Gasteiger partial charge in [0, 0.05) is 5.33 Å². The van der Waals surface area contributed by atoms with Gasteiger partial charge in [0.05, 0.1) is 11.7 Å². The average Bonchev–Trinajstić information content (AvgIpc) is 2.55. The second-order valence-corrected chi connectivity index (χ2v) is 5.45. The van der Waals surface area contributed by atoms with Gasteiger partial charge in [-0.25, -0.2) is 0 Å². The van der Waals surface area contributed by atoms with E-state index in [9.17, 15) is 0 Å². The molecule has 1 aliphatic heterocycles. The first kappa shape index (κ1) is 9.97. The molecule has 0 aromatic carbocycles. The Morgan fingerprint density at radius 3 is 2.38 bits per heavy atom. The minimum absolute atomic E-state index is 0.297. The number of rotatable bonds is 1. The molecule has 0 amide bonds. The fraction of sp³-hybridized carbons (Fsp3) is 1.00. The van der Waals surface area contributed by atoms with Crippen LogP contribution in [0.3, 0.4) is 0 Å². The lowest BCUT2D eigenvalue weighted by Gasteiger charge is -2.36. The summed E-state index contributed by atoms with van der Waals surface area (Å²) in [4.78, 5) is 0. The fourth-order valence-corrected chi connectivity index (χ4v) is 3.12. The van der Waals surface area contributed by atoms with E-state index in [2.05, 4.69) is 22.9 Å². The number of halogens is 1. The van der Waals surface area contributed by atoms with E-state index in [4.69, 9.17) is 4.74 Å². The first-order chi connectivity index (χ1) is 6.24. The molecule has 1 heterocycles. The van der Waals surface area contributed by atoms with Crippen LogP contribution in [0.4, 0.5) is 0 Å². The lowest BCUT2D eigenvalue weighted by atomic mass is 9.78. The number of hydrogen-bond donors (Lipinski definition) is 0. The van der Waals surface area contributed by atoms with Gasteiger partial charge in [0.2, 0.25) is 0 Å². The van der Waals surface area contributed by atoms with Gasteiger partial charge in [0.25, 0.3) is 0 Å². The molecule has 0 radical (unpaired) electrons. The quantitative estimate of drug-likeness (QED) is 0.644. The third kappa shape index (κ3) is 2.10. The molecule has 0 N–H and O–H groups in total. The highest BCUT2D eigenvalue weighted by atomic mass is 79.9. The van der Waals surface area contributed by atoms with Crippen molar-refractivity contribution in [1.29, 1.82) is 0 Å². The minimum atomic E-state index is 0.297. The van der Waals surface area contributed by atoms with Crippen molar-refractivity contribution in [2.24, 2.45) is 5.92 Å². The summed E-state index contributed by atoms with van der Waals surface area (Å²) < 4.78 is 6.14. The first-order valence-electron chi connectivity index (χ1n) is 5.48. The largest absolute Gasteiger partial charge is 0.371 e. The zero-order chi connectivity index (χ0) is 9.31. The van der Waals surface area contributed by atoms with Crippen molar-refractivity contribution in [3.63, 3.8) is 0 Å². The molecule has 1 spiro atoms. The van der Waals surface area contributed by atoms with Crippen LogP contribution in [0.5, 0.6) is 0 Å². The Morgan fingerprint density at radius 1 is 1.23 bits per heavy atom. The predicted molar refractivity (Wildman–Crippen MR) is 58.3 cm³/mol. The van der Waals surface area contributed by atoms with Crippen molar-refractivity contribution in [1.82, 2.24) is 0 Å². The smallest absolute Gasteiger partial charge is 0.0687 e. The molecule has 2 aliphatic rings. The molecule has 2 heteroatoms. The number of ether oxygens (including phenoxy) is 1. The highest BCUT2D eigenvalue weighted by Gasteiger charge is 2.41. The Kier molecular flexibility index (Phi) is 2.99. The van der Waals surface area contributed by atoms with Gasteiger partial charge in [-0.05, 0) is 44.4 Å². The Labute approximate surface area is 89.4 Å². The third-order valence-corrected chi connectivity index (χ3v) is 4.42. The zero-order valence-corrected chi connectivity index (χ0v) is 9.98. The average molecular weight is 247 g/mol. The van der Waals surface area contributed by atoms with Gasteiger partial charge < -0.3 is 4.74 Å². The molecular formula is C11H19BrO. The standard InChI is InChI=1S/C11H19BrO/c1-9-2-5-11(6-3-9)7-4-10(8-12)13-11/h9-10H,2-8H2,1H3. The van der Waals surface area contributed by atoms with Gasteiger partial charge in [-0.3, -0.25) is 0 Å². The molecule has 2 rings (SSSR count). The third-order valence-electron chi connectivity index (χ3n) is 3.70. The van der Waals surface area contributed by atoms with Crippen LogP contribution in [0.1, 0.15) is 45.4 Å². The summed E-state index contributed by atoms with van der Waals surface area (Å²) in [5.41, 5.74) is 0.297. The molecular weight excluding hydrogens is 228 g/mol. The second-order valence-electron chi connectivity index (χ2n) is 4.80. The van der Waals surface area contributed by atoms with Crippen molar-refractivity contribution in [2.75, 3.05) is 5.33 Å². The van der Waals surface area contributed by atoms with Crippen molar-refractivity contribution in [3.05, 3.63) is 0 Å². The van der Waals surface area contributed by atoms with Crippen molar-refractivity contribution in [2.45, 2.75) is 57.2 Å². The molecule has 0 bridgehead atoms. The molecule has 1 nitrogen and oxygen atoms in total. The Morgan fingerprint density at radius 2 is 1.85 bits per heavy atom. The van der Waals surface area contributed by atoms with Crippen LogP contribution in [-0.2, 0) is 4.74 Å². The molecule has 2 fully saturated rings. The zero-order valence-electron chi connectivity index (χ0n) is 8.39. The maximum atomic E-state index is 6.14. The SMILES string of the molecule is CC1CCC2(CC1)CCC(CBr)O2. The molecule has 13 heavy (non-hydrogen) atoms. The summed E-state index contributed by atoms with van der Waals surface area (Å²) in [6.07, 6.45) is 8.41. The van der Waals surface area contributed by atoms with Gasteiger partial charge >= 0.3 is 0 Å². The molecule has 76 valence electrons. The Bertz CT molecular complexity index is 173. The van der Waals surface area contributed by atoms with E-state index < -0.39 is 0 Å². The molecule has 0 aromatic heterocycles. The van der Waals surface area contributed by atoms with Crippen molar-refractivity contribution >= 4 is 15.9 Å². The van der Waals surface area contributed by atoms with Crippen LogP contribution >= 0.6 is 15.9 Å². The van der Waals surface area contributed by atoms with Gasteiger partial charge in [-0.1, -0.05) is 22.9 Å². The summed E-state index contributed by atoms with van der Waals surface area (Å²) in [6, 6.07) is 0. The van der Waals surface area contributed by atoms with Crippen LogP contribution in [0.15, 0.2) is 0 Å². The van der Waals surface area contributed by atoms with E-state index in [1.807, 2.05) is 0 Å². The van der Waals surface area contributed by atoms with Gasteiger partial charge in [0.1, 0.15) is 0 Å². The monoisotopic (exact) mass is 246 g/mol. The van der Waals surface area contributed by atoms with E-state index in [0.29, 0.717) is 11.7 Å². The van der Waals surface area contributed by atoms with Crippen LogP contribution in [0.25, 0.3) is 0 Å². The van der Waals surface area contributed by atoms with E-state index in [1.54, 1.807) is 0 Å². The number of hydrogen-bond acceptors (Lipinski definition) is 1. The van der Waals surface area contributed by atoms with Gasteiger partial charge in [-0.2, -0.15) is 0 Å². The molecule has 1 saturated heterocycles. The summed E-state index contributed by atoms with van der Waals surface area (Å²) in [6.45, 7) is 2.36. The minimum Gasteiger partial charge on any atom is -0.371 e. The van der Waals surface area contributed by atoms with Crippen LogP contribution in [0.2, 0.25) is 0 Å². The highest BCUT2D eigenvalue weighted by molar-refractivity contribution is 9.09. The topological polar surface area (TPSA) is 9.23 Å². The van der Waals surface area contributed by atoms with E-state index in [0.717, 1.165) is 11.2 Å². The summed E-state index contributed by atoms with van der Waals surface area (Å²) in [7, 11) is 0. The van der Waals surface area contributed by atoms with Crippen LogP contribution < -0.4 is 0 Å². The lowest BCUT2D eigenvalue weighted by molar-refractivity contribution is -0.0621. The molecule has 0 aromatic rings. The van der Waals surface area contributed by atoms with E-state index >= 15 is 0 Å². The normalized spacial score (nSPS) is 45.7. The summed E-state index contributed by atoms with van der Waals surface area (Å²) in [5.74, 6) is 0.928. The number of alkyl halides is 1. The lowest BCUT2D eigenvalue weighted by Crippen LogP contribution is -2.34. The van der Waals surface area contributed by atoms with Crippen LogP contribution in [0, 0.1) is 5.92 Å². The Hall–Kier alpha value is 0.440. The first-order valence-corrected chi connectivity index (χ1v) is 6.60. The fourth-order valence-electron chi connectivity index (χ4n) is 2.66. The predicted octanol–water partition coefficient (Wildman–Crippen LogP) is 3.51. The maximum absolute atomic E-state index is 6.14. The Balaban J connectivity index is 1.92. The highest BCUT2D eigenvalue weighted by Crippen LogP contribution is 2.43. The van der Waals surface area contributed by atoms with Gasteiger partial charge in [-0.15, -0.1) is 0 Å². The molecule has 1 unspecified atom stereocenters. The second kappa shape index (κ2) is 3.90. The van der Waals surface area contributed by atoms with E-state index in [-0.39, 0.29) is 0 Å². The summed E-state index contributed by atoms with van der Waals surface area (Å²) in [5, 5.41) is 1.02.